The highest BCUT2D eigenvalue weighted by molar-refractivity contribution is 6.34. The van der Waals surface area contributed by atoms with Crippen LogP contribution >= 0.6 is 11.6 Å². The third-order valence-electron chi connectivity index (χ3n) is 2.36. The number of ether oxygens (including phenoxy) is 1. The van der Waals surface area contributed by atoms with Crippen LogP contribution in [0.4, 0.5) is 4.39 Å². The highest BCUT2D eigenvalue weighted by atomic mass is 35.5. The molecule has 0 saturated heterocycles. The van der Waals surface area contributed by atoms with Crippen molar-refractivity contribution in [1.29, 1.82) is 0 Å². The fourth-order valence-electron chi connectivity index (χ4n) is 1.46. The van der Waals surface area contributed by atoms with Crippen molar-refractivity contribution in [2.45, 2.75) is 0 Å². The standard InChI is InChI=1S/C12H13ClFNO4/c1-19-6-5-15(7-10(16)17)12(18)8-3-2-4-9(14)11(8)13/h2-4H,5-7H2,1H3,(H,16,17). The Hall–Kier alpha value is -1.66. The van der Waals surface area contributed by atoms with E-state index in [9.17, 15) is 14.0 Å². The van der Waals surface area contributed by atoms with Gasteiger partial charge >= 0.3 is 5.97 Å². The van der Waals surface area contributed by atoms with E-state index < -0.39 is 24.2 Å². The van der Waals surface area contributed by atoms with Gasteiger partial charge in [-0.2, -0.15) is 0 Å². The molecular formula is C12H13ClFNO4. The number of aliphatic carboxylic acids is 1. The van der Waals surface area contributed by atoms with Crippen molar-refractivity contribution in [1.82, 2.24) is 4.90 Å². The number of methoxy groups -OCH3 is 1. The number of carboxylic acid groups (broad SMARTS) is 1. The van der Waals surface area contributed by atoms with Crippen molar-refractivity contribution >= 4 is 23.5 Å². The van der Waals surface area contributed by atoms with Gasteiger partial charge in [-0.05, 0) is 12.1 Å². The summed E-state index contributed by atoms with van der Waals surface area (Å²) >= 11 is 5.70. The molecular weight excluding hydrogens is 277 g/mol. The molecule has 19 heavy (non-hydrogen) atoms. The lowest BCUT2D eigenvalue weighted by molar-refractivity contribution is -0.137. The minimum Gasteiger partial charge on any atom is -0.480 e. The van der Waals surface area contributed by atoms with Gasteiger partial charge in [-0.3, -0.25) is 9.59 Å². The lowest BCUT2D eigenvalue weighted by atomic mass is 10.2. The van der Waals surface area contributed by atoms with Crippen LogP contribution < -0.4 is 0 Å². The Bertz CT molecular complexity index is 481. The molecule has 5 nitrogen and oxygen atoms in total. The van der Waals surface area contributed by atoms with Crippen LogP contribution in [0, 0.1) is 5.82 Å². The van der Waals surface area contributed by atoms with Gasteiger partial charge in [-0.15, -0.1) is 0 Å². The molecule has 0 atom stereocenters. The van der Waals surface area contributed by atoms with E-state index in [2.05, 4.69) is 0 Å². The molecule has 0 spiro atoms. The first-order valence-electron chi connectivity index (χ1n) is 5.41. The van der Waals surface area contributed by atoms with Crippen molar-refractivity contribution in [3.63, 3.8) is 0 Å². The Morgan fingerprint density at radius 2 is 2.16 bits per heavy atom. The molecule has 0 aromatic heterocycles. The zero-order valence-electron chi connectivity index (χ0n) is 10.2. The van der Waals surface area contributed by atoms with Crippen LogP contribution in [-0.4, -0.2) is 48.7 Å². The number of hydrogen-bond acceptors (Lipinski definition) is 3. The molecule has 1 rings (SSSR count). The van der Waals surface area contributed by atoms with Crippen LogP contribution in [0.3, 0.4) is 0 Å². The van der Waals surface area contributed by atoms with Crippen LogP contribution in [-0.2, 0) is 9.53 Å². The summed E-state index contributed by atoms with van der Waals surface area (Å²) in [5.74, 6) is -2.55. The topological polar surface area (TPSA) is 66.8 Å². The number of carboxylic acids is 1. The molecule has 1 N–H and O–H groups in total. The van der Waals surface area contributed by atoms with Gasteiger partial charge in [0, 0.05) is 13.7 Å². The molecule has 0 unspecified atom stereocenters. The number of halogens is 2. The Kier molecular flexibility index (Phi) is 5.72. The van der Waals surface area contributed by atoms with Gasteiger partial charge in [0.05, 0.1) is 17.2 Å². The van der Waals surface area contributed by atoms with Crippen molar-refractivity contribution < 1.29 is 23.8 Å². The maximum Gasteiger partial charge on any atom is 0.323 e. The zero-order valence-corrected chi connectivity index (χ0v) is 11.0. The van der Waals surface area contributed by atoms with Crippen LogP contribution in [0.15, 0.2) is 18.2 Å². The molecule has 1 aromatic rings. The van der Waals surface area contributed by atoms with Gasteiger partial charge < -0.3 is 14.7 Å². The second kappa shape index (κ2) is 7.06. The van der Waals surface area contributed by atoms with Crippen molar-refractivity contribution in [3.05, 3.63) is 34.6 Å². The SMILES string of the molecule is COCCN(CC(=O)O)C(=O)c1cccc(F)c1Cl. The average molecular weight is 290 g/mol. The predicted molar refractivity (Wildman–Crippen MR) is 66.8 cm³/mol. The highest BCUT2D eigenvalue weighted by Crippen LogP contribution is 2.21. The van der Waals surface area contributed by atoms with Gasteiger partial charge in [0.15, 0.2) is 0 Å². The van der Waals surface area contributed by atoms with E-state index in [1.807, 2.05) is 0 Å². The van der Waals surface area contributed by atoms with E-state index in [1.165, 1.54) is 19.2 Å². The minimum absolute atomic E-state index is 0.0704. The number of amides is 1. The van der Waals surface area contributed by atoms with Crippen molar-refractivity contribution in [2.75, 3.05) is 26.8 Å². The third kappa shape index (κ3) is 4.18. The smallest absolute Gasteiger partial charge is 0.323 e. The first kappa shape index (κ1) is 15.4. The molecule has 0 aliphatic heterocycles. The molecule has 1 amide bonds. The number of rotatable bonds is 6. The lowest BCUT2D eigenvalue weighted by Gasteiger charge is -2.20. The van der Waals surface area contributed by atoms with Gasteiger partial charge in [0.2, 0.25) is 0 Å². The number of nitrogens with zero attached hydrogens (tertiary/aromatic N) is 1. The van der Waals surface area contributed by atoms with Gasteiger partial charge in [0.25, 0.3) is 5.91 Å². The molecule has 0 aliphatic rings. The van der Waals surface area contributed by atoms with Crippen LogP contribution in [0.5, 0.6) is 0 Å². The first-order valence-corrected chi connectivity index (χ1v) is 5.79. The summed E-state index contributed by atoms with van der Waals surface area (Å²) in [6.45, 7) is -0.254. The van der Waals surface area contributed by atoms with E-state index in [0.29, 0.717) is 0 Å². The molecule has 0 fully saturated rings. The summed E-state index contributed by atoms with van der Waals surface area (Å²) < 4.78 is 18.1. The third-order valence-corrected chi connectivity index (χ3v) is 2.74. The maximum atomic E-state index is 13.3. The van der Waals surface area contributed by atoms with E-state index in [1.54, 1.807) is 0 Å². The predicted octanol–water partition coefficient (Wildman–Crippen LogP) is 1.65. The second-order valence-corrected chi connectivity index (χ2v) is 4.09. The average Bonchev–Trinajstić information content (AvgIpc) is 2.36. The Labute approximate surface area is 114 Å². The van der Waals surface area contributed by atoms with E-state index >= 15 is 0 Å². The van der Waals surface area contributed by atoms with Crippen LogP contribution in [0.2, 0.25) is 5.02 Å². The van der Waals surface area contributed by atoms with Gasteiger partial charge in [-0.25, -0.2) is 4.39 Å². The number of benzene rings is 1. The molecule has 0 heterocycles. The summed E-state index contributed by atoms with van der Waals surface area (Å²) in [4.78, 5) is 23.9. The molecule has 0 radical (unpaired) electrons. The molecule has 7 heteroatoms. The fraction of sp³-hybridized carbons (Fsp3) is 0.333. The van der Waals surface area contributed by atoms with Crippen LogP contribution in [0.25, 0.3) is 0 Å². The van der Waals surface area contributed by atoms with E-state index in [0.717, 1.165) is 11.0 Å². The van der Waals surface area contributed by atoms with E-state index in [-0.39, 0.29) is 23.7 Å². The summed E-state index contributed by atoms with van der Waals surface area (Å²) in [6, 6.07) is 3.80. The number of carbonyl (C=O) groups excluding carboxylic acids is 1. The second-order valence-electron chi connectivity index (χ2n) is 3.71. The van der Waals surface area contributed by atoms with Crippen molar-refractivity contribution in [2.24, 2.45) is 0 Å². The van der Waals surface area contributed by atoms with Crippen molar-refractivity contribution in [3.8, 4) is 0 Å². The molecule has 0 saturated carbocycles. The Balaban J connectivity index is 2.97. The summed E-state index contributed by atoms with van der Waals surface area (Å²) in [5, 5.41) is 8.44. The summed E-state index contributed by atoms with van der Waals surface area (Å²) in [6.07, 6.45) is 0. The largest absolute Gasteiger partial charge is 0.480 e. The van der Waals surface area contributed by atoms with Gasteiger partial charge in [-0.1, -0.05) is 17.7 Å². The Morgan fingerprint density at radius 3 is 2.74 bits per heavy atom. The fourth-order valence-corrected chi connectivity index (χ4v) is 1.66. The zero-order chi connectivity index (χ0) is 14.4. The number of carbonyl (C=O) groups is 2. The highest BCUT2D eigenvalue weighted by Gasteiger charge is 2.21. The summed E-state index contributed by atoms with van der Waals surface area (Å²) in [5.41, 5.74) is -0.0704. The Morgan fingerprint density at radius 1 is 1.47 bits per heavy atom. The molecule has 0 aliphatic carbocycles. The monoisotopic (exact) mass is 289 g/mol. The quantitative estimate of drug-likeness (QED) is 0.865. The molecule has 1 aromatic carbocycles. The normalized spacial score (nSPS) is 10.3. The summed E-state index contributed by atoms with van der Waals surface area (Å²) in [7, 11) is 1.43. The molecule has 104 valence electrons. The minimum atomic E-state index is -1.17. The van der Waals surface area contributed by atoms with Gasteiger partial charge in [0.1, 0.15) is 12.4 Å². The van der Waals surface area contributed by atoms with E-state index in [4.69, 9.17) is 21.4 Å². The number of hydrogen-bond donors (Lipinski definition) is 1. The lowest BCUT2D eigenvalue weighted by Crippen LogP contribution is -2.38. The molecule has 0 bridgehead atoms. The maximum absolute atomic E-state index is 13.3. The van der Waals surface area contributed by atoms with Crippen LogP contribution in [0.1, 0.15) is 10.4 Å². The first-order chi connectivity index (χ1) is 8.97.